The number of hydrogen-bond acceptors (Lipinski definition) is 4. The van der Waals surface area contributed by atoms with E-state index in [4.69, 9.17) is 17.0 Å². The molecule has 0 aliphatic rings. The van der Waals surface area contributed by atoms with Gasteiger partial charge in [0.2, 0.25) is 0 Å². The lowest BCUT2D eigenvalue weighted by molar-refractivity contribution is 0.0755. The van der Waals surface area contributed by atoms with Crippen LogP contribution >= 0.6 is 12.2 Å². The van der Waals surface area contributed by atoms with E-state index in [0.717, 1.165) is 25.9 Å². The van der Waals surface area contributed by atoms with Crippen molar-refractivity contribution in [3.8, 4) is 5.75 Å². The van der Waals surface area contributed by atoms with Crippen LogP contribution in [0, 0.1) is 0 Å². The van der Waals surface area contributed by atoms with Gasteiger partial charge in [0.25, 0.3) is 11.8 Å². The first kappa shape index (κ1) is 23.3. The minimum absolute atomic E-state index is 0.00922. The molecule has 30 heavy (non-hydrogen) atoms. The molecule has 0 unspecified atom stereocenters. The SMILES string of the molecule is CCCN(CCC)C(=O)c1cccc(NC(=S)NC(=O)c2cccc(OCC)c2)c1. The Morgan fingerprint density at radius 3 is 2.30 bits per heavy atom. The summed E-state index contributed by atoms with van der Waals surface area (Å²) in [5.74, 6) is 0.280. The predicted octanol–water partition coefficient (Wildman–Crippen LogP) is 4.47. The van der Waals surface area contributed by atoms with Gasteiger partial charge in [-0.2, -0.15) is 0 Å². The van der Waals surface area contributed by atoms with Crippen LogP contribution in [0.4, 0.5) is 5.69 Å². The second-order valence-electron chi connectivity index (χ2n) is 6.74. The highest BCUT2D eigenvalue weighted by molar-refractivity contribution is 7.80. The summed E-state index contributed by atoms with van der Waals surface area (Å²) in [5.41, 5.74) is 1.67. The van der Waals surface area contributed by atoms with Crippen molar-refractivity contribution in [1.29, 1.82) is 0 Å². The van der Waals surface area contributed by atoms with Crippen molar-refractivity contribution in [3.05, 3.63) is 59.7 Å². The molecule has 0 heterocycles. The highest BCUT2D eigenvalue weighted by atomic mass is 32.1. The first-order valence-electron chi connectivity index (χ1n) is 10.2. The number of nitrogens with one attached hydrogen (secondary N) is 2. The van der Waals surface area contributed by atoms with E-state index in [0.29, 0.717) is 29.2 Å². The molecule has 2 aromatic rings. The summed E-state index contributed by atoms with van der Waals surface area (Å²) in [7, 11) is 0. The molecular weight excluding hydrogens is 398 g/mol. The molecule has 0 radical (unpaired) electrons. The molecular formula is C23H29N3O3S. The number of thiocarbonyl (C=S) groups is 1. The third-order valence-electron chi connectivity index (χ3n) is 4.28. The first-order chi connectivity index (χ1) is 14.5. The summed E-state index contributed by atoms with van der Waals surface area (Å²) in [6.07, 6.45) is 1.81. The Balaban J connectivity index is 2.03. The Labute approximate surface area is 183 Å². The molecule has 0 bridgehead atoms. The van der Waals surface area contributed by atoms with Crippen LogP contribution in [0.2, 0.25) is 0 Å². The van der Waals surface area contributed by atoms with Crippen molar-refractivity contribution in [2.24, 2.45) is 0 Å². The fourth-order valence-electron chi connectivity index (χ4n) is 3.00. The molecule has 2 amide bonds. The summed E-state index contributed by atoms with van der Waals surface area (Å²) in [6.45, 7) is 7.96. The number of rotatable bonds is 9. The van der Waals surface area contributed by atoms with Crippen molar-refractivity contribution in [2.75, 3.05) is 25.0 Å². The van der Waals surface area contributed by atoms with Crippen LogP contribution in [-0.2, 0) is 0 Å². The molecule has 0 saturated carbocycles. The van der Waals surface area contributed by atoms with Gasteiger partial charge in [-0.05, 0) is 68.4 Å². The van der Waals surface area contributed by atoms with Gasteiger partial charge in [0.05, 0.1) is 6.61 Å². The van der Waals surface area contributed by atoms with Gasteiger partial charge in [-0.3, -0.25) is 14.9 Å². The zero-order valence-electron chi connectivity index (χ0n) is 17.7. The van der Waals surface area contributed by atoms with Crippen LogP contribution in [0.15, 0.2) is 48.5 Å². The molecule has 2 aromatic carbocycles. The Bertz CT molecular complexity index is 880. The maximum absolute atomic E-state index is 12.8. The molecule has 0 aromatic heterocycles. The fourth-order valence-corrected chi connectivity index (χ4v) is 3.21. The smallest absolute Gasteiger partial charge is 0.257 e. The van der Waals surface area contributed by atoms with Crippen molar-refractivity contribution in [2.45, 2.75) is 33.6 Å². The van der Waals surface area contributed by atoms with Gasteiger partial charge >= 0.3 is 0 Å². The number of carbonyl (C=O) groups excluding carboxylic acids is 2. The van der Waals surface area contributed by atoms with Crippen LogP contribution in [0.25, 0.3) is 0 Å². The topological polar surface area (TPSA) is 70.7 Å². The van der Waals surface area contributed by atoms with E-state index in [1.165, 1.54) is 0 Å². The zero-order chi connectivity index (χ0) is 21.9. The maximum Gasteiger partial charge on any atom is 0.257 e. The average molecular weight is 428 g/mol. The quantitative estimate of drug-likeness (QED) is 0.578. The third-order valence-corrected chi connectivity index (χ3v) is 4.48. The number of anilines is 1. The van der Waals surface area contributed by atoms with E-state index >= 15 is 0 Å². The van der Waals surface area contributed by atoms with Crippen molar-refractivity contribution >= 4 is 34.8 Å². The molecule has 0 atom stereocenters. The second-order valence-corrected chi connectivity index (χ2v) is 7.15. The summed E-state index contributed by atoms with van der Waals surface area (Å²) in [5, 5.41) is 5.79. The molecule has 7 heteroatoms. The summed E-state index contributed by atoms with van der Waals surface area (Å²) in [4.78, 5) is 27.1. The second kappa shape index (κ2) is 11.9. The normalized spacial score (nSPS) is 10.2. The molecule has 0 fully saturated rings. The van der Waals surface area contributed by atoms with Gasteiger partial charge in [-0.1, -0.05) is 26.0 Å². The standard InChI is InChI=1S/C23H29N3O3S/c1-4-13-26(14-5-2)22(28)18-10-7-11-19(15-18)24-23(30)25-21(27)17-9-8-12-20(16-17)29-6-3/h7-12,15-16H,4-6,13-14H2,1-3H3,(H2,24,25,27,30). The number of amides is 2. The molecule has 2 N–H and O–H groups in total. The lowest BCUT2D eigenvalue weighted by Gasteiger charge is -2.21. The van der Waals surface area contributed by atoms with Gasteiger partial charge in [-0.15, -0.1) is 0 Å². The van der Waals surface area contributed by atoms with Crippen molar-refractivity contribution in [1.82, 2.24) is 10.2 Å². The molecule has 0 aliphatic heterocycles. The van der Waals surface area contributed by atoms with E-state index in [-0.39, 0.29) is 16.9 Å². The first-order valence-corrected chi connectivity index (χ1v) is 10.6. The van der Waals surface area contributed by atoms with Crippen molar-refractivity contribution < 1.29 is 14.3 Å². The van der Waals surface area contributed by atoms with Crippen LogP contribution < -0.4 is 15.4 Å². The van der Waals surface area contributed by atoms with Crippen molar-refractivity contribution in [3.63, 3.8) is 0 Å². The Morgan fingerprint density at radius 1 is 0.967 bits per heavy atom. The summed E-state index contributed by atoms with van der Waals surface area (Å²) >= 11 is 5.27. The van der Waals surface area contributed by atoms with Crippen LogP contribution in [0.5, 0.6) is 5.75 Å². The fraction of sp³-hybridized carbons (Fsp3) is 0.348. The lowest BCUT2D eigenvalue weighted by atomic mass is 10.1. The van der Waals surface area contributed by atoms with Gasteiger partial charge in [0.15, 0.2) is 5.11 Å². The Kier molecular flexibility index (Phi) is 9.28. The maximum atomic E-state index is 12.8. The minimum Gasteiger partial charge on any atom is -0.494 e. The van der Waals surface area contributed by atoms with E-state index < -0.39 is 0 Å². The molecule has 0 spiro atoms. The molecule has 6 nitrogen and oxygen atoms in total. The van der Waals surface area contributed by atoms with Crippen LogP contribution in [0.3, 0.4) is 0 Å². The number of nitrogens with zero attached hydrogens (tertiary/aromatic N) is 1. The van der Waals surface area contributed by atoms with Gasteiger partial charge in [-0.25, -0.2) is 0 Å². The minimum atomic E-state index is -0.335. The Morgan fingerprint density at radius 2 is 1.63 bits per heavy atom. The predicted molar refractivity (Wildman–Crippen MR) is 124 cm³/mol. The summed E-state index contributed by atoms with van der Waals surface area (Å²) in [6, 6.07) is 14.0. The van der Waals surface area contributed by atoms with E-state index in [2.05, 4.69) is 24.5 Å². The zero-order valence-corrected chi connectivity index (χ0v) is 18.6. The van der Waals surface area contributed by atoms with Gasteiger partial charge in [0.1, 0.15) is 5.75 Å². The van der Waals surface area contributed by atoms with E-state index in [1.54, 1.807) is 48.5 Å². The van der Waals surface area contributed by atoms with Crippen LogP contribution in [-0.4, -0.2) is 41.5 Å². The number of hydrogen-bond donors (Lipinski definition) is 2. The lowest BCUT2D eigenvalue weighted by Crippen LogP contribution is -2.34. The third kappa shape index (κ3) is 6.84. The van der Waals surface area contributed by atoms with E-state index in [9.17, 15) is 9.59 Å². The van der Waals surface area contributed by atoms with Crippen LogP contribution in [0.1, 0.15) is 54.3 Å². The largest absolute Gasteiger partial charge is 0.494 e. The highest BCUT2D eigenvalue weighted by Crippen LogP contribution is 2.15. The molecule has 2 rings (SSSR count). The van der Waals surface area contributed by atoms with Gasteiger partial charge in [0, 0.05) is 29.9 Å². The molecule has 0 saturated heterocycles. The number of benzene rings is 2. The van der Waals surface area contributed by atoms with E-state index in [1.807, 2.05) is 11.8 Å². The van der Waals surface area contributed by atoms with Gasteiger partial charge < -0.3 is 15.0 Å². The highest BCUT2D eigenvalue weighted by Gasteiger charge is 2.15. The monoisotopic (exact) mass is 427 g/mol. The molecule has 160 valence electrons. The molecule has 0 aliphatic carbocycles. The average Bonchev–Trinajstić information content (AvgIpc) is 2.73. The number of carbonyl (C=O) groups is 2. The Hall–Kier alpha value is -2.93. The summed E-state index contributed by atoms with van der Waals surface area (Å²) < 4.78 is 5.42. The number of ether oxygens (including phenoxy) is 1.